The molecule has 2 rings (SSSR count). The largest absolute Gasteiger partial charge is 0.507 e. The van der Waals surface area contributed by atoms with Crippen LogP contribution in [0, 0.1) is 0 Å². The molecule has 6 nitrogen and oxygen atoms in total. The zero-order chi connectivity index (χ0) is 17.3. The second-order valence-electron chi connectivity index (χ2n) is 5.80. The molecule has 0 amide bonds. The molecule has 0 saturated carbocycles. The molecule has 0 bridgehead atoms. The highest BCUT2D eigenvalue weighted by molar-refractivity contribution is 9.10. The number of ether oxygens (including phenoxy) is 2. The predicted octanol–water partition coefficient (Wildman–Crippen LogP) is 2.15. The van der Waals surface area contributed by atoms with Gasteiger partial charge in [-0.1, -0.05) is 0 Å². The number of phenolic OH excluding ortho intramolecular Hbond substituents is 1. The number of phenols is 1. The fourth-order valence-electron chi connectivity index (χ4n) is 3.17. The Balaban J connectivity index is 2.69. The minimum Gasteiger partial charge on any atom is -0.507 e. The van der Waals surface area contributed by atoms with Gasteiger partial charge in [0.2, 0.25) is 0 Å². The molecule has 1 aliphatic rings. The maximum absolute atomic E-state index is 12.0. The van der Waals surface area contributed by atoms with Crippen molar-refractivity contribution in [1.29, 1.82) is 0 Å². The van der Waals surface area contributed by atoms with Crippen LogP contribution in [0.25, 0.3) is 0 Å². The van der Waals surface area contributed by atoms with Crippen molar-refractivity contribution in [2.75, 3.05) is 34.4 Å². The van der Waals surface area contributed by atoms with Gasteiger partial charge in [-0.3, -0.25) is 4.79 Å². The molecule has 0 aromatic heterocycles. The van der Waals surface area contributed by atoms with Crippen LogP contribution in [0.1, 0.15) is 35.2 Å². The van der Waals surface area contributed by atoms with E-state index in [4.69, 9.17) is 9.47 Å². The normalized spacial score (nSPS) is 22.0. The van der Waals surface area contributed by atoms with Crippen molar-refractivity contribution < 1.29 is 24.5 Å². The Hall–Kier alpha value is -1.31. The molecular formula is C16H22BrNO5. The van der Waals surface area contributed by atoms with E-state index >= 15 is 0 Å². The van der Waals surface area contributed by atoms with Crippen molar-refractivity contribution in [3.63, 3.8) is 0 Å². The molecule has 128 valence electrons. The summed E-state index contributed by atoms with van der Waals surface area (Å²) in [6.45, 7) is 2.64. The number of aliphatic hydroxyl groups excluding tert-OH is 1. The molecule has 2 unspecified atom stereocenters. The molecule has 1 aromatic carbocycles. The summed E-state index contributed by atoms with van der Waals surface area (Å²) in [5.41, 5.74) is 0.548. The maximum Gasteiger partial charge on any atom is 0.167 e. The zero-order valence-electron chi connectivity index (χ0n) is 13.7. The second-order valence-corrected chi connectivity index (χ2v) is 6.59. The van der Waals surface area contributed by atoms with E-state index in [1.807, 2.05) is 11.9 Å². The van der Waals surface area contributed by atoms with Gasteiger partial charge in [0, 0.05) is 18.0 Å². The molecule has 1 saturated heterocycles. The third kappa shape index (κ3) is 3.18. The number of benzene rings is 1. The fraction of sp³-hybridized carbons (Fsp3) is 0.562. The van der Waals surface area contributed by atoms with Crippen LogP contribution >= 0.6 is 15.9 Å². The van der Waals surface area contributed by atoms with Gasteiger partial charge in [-0.2, -0.15) is 0 Å². The average Bonchev–Trinajstić information content (AvgIpc) is 2.48. The number of hydrogen-bond donors (Lipinski definition) is 2. The van der Waals surface area contributed by atoms with Gasteiger partial charge in [0.25, 0.3) is 0 Å². The van der Waals surface area contributed by atoms with Crippen LogP contribution in [-0.2, 0) is 0 Å². The van der Waals surface area contributed by atoms with E-state index in [1.165, 1.54) is 21.1 Å². The van der Waals surface area contributed by atoms with Gasteiger partial charge in [0.05, 0.1) is 20.3 Å². The monoisotopic (exact) mass is 387 g/mol. The van der Waals surface area contributed by atoms with Gasteiger partial charge in [-0.25, -0.2) is 0 Å². The Morgan fingerprint density at radius 1 is 1.30 bits per heavy atom. The summed E-state index contributed by atoms with van der Waals surface area (Å²) in [5.74, 6) is -0.188. The first-order chi connectivity index (χ1) is 10.8. The molecule has 1 aromatic rings. The Kier molecular flexibility index (Phi) is 5.54. The molecule has 1 fully saturated rings. The number of nitrogens with zero attached hydrogens (tertiary/aromatic N) is 1. The summed E-state index contributed by atoms with van der Waals surface area (Å²) in [6, 6.07) is 0. The van der Waals surface area contributed by atoms with E-state index in [-0.39, 0.29) is 28.8 Å². The van der Waals surface area contributed by atoms with E-state index in [1.54, 1.807) is 0 Å². The minimum absolute atomic E-state index is 0.0984. The van der Waals surface area contributed by atoms with Crippen LogP contribution in [0.4, 0.5) is 0 Å². The number of carbonyl (C=O) groups excluding carboxylic acids is 1. The smallest absolute Gasteiger partial charge is 0.167 e. The number of Topliss-reactive ketones (excluding diaryl/α,β-unsaturated/α-hetero) is 1. The fourth-order valence-corrected chi connectivity index (χ4v) is 3.90. The van der Waals surface area contributed by atoms with Crippen LogP contribution in [0.5, 0.6) is 17.2 Å². The second kappa shape index (κ2) is 7.07. The number of hydrogen-bond acceptors (Lipinski definition) is 6. The van der Waals surface area contributed by atoms with Gasteiger partial charge < -0.3 is 24.6 Å². The summed E-state index contributed by atoms with van der Waals surface area (Å²) in [4.78, 5) is 14.0. The van der Waals surface area contributed by atoms with E-state index in [2.05, 4.69) is 15.9 Å². The van der Waals surface area contributed by atoms with Crippen LogP contribution in [-0.4, -0.2) is 61.4 Å². The first-order valence-electron chi connectivity index (χ1n) is 7.37. The molecule has 1 aliphatic heterocycles. The van der Waals surface area contributed by atoms with E-state index in [0.29, 0.717) is 28.8 Å². The highest BCUT2D eigenvalue weighted by atomic mass is 79.9. The average molecular weight is 388 g/mol. The molecular weight excluding hydrogens is 366 g/mol. The van der Waals surface area contributed by atoms with Crippen molar-refractivity contribution in [3.05, 3.63) is 15.6 Å². The number of rotatable bonds is 4. The predicted molar refractivity (Wildman–Crippen MR) is 89.8 cm³/mol. The number of piperidine rings is 1. The minimum atomic E-state index is -0.659. The topological polar surface area (TPSA) is 79.2 Å². The molecule has 0 radical (unpaired) electrons. The van der Waals surface area contributed by atoms with Gasteiger partial charge >= 0.3 is 0 Å². The SMILES string of the molecule is COc1c(Br)c(OC)c(C2CCN(C)CC2O)c(O)c1C(C)=O. The molecule has 7 heteroatoms. The van der Waals surface area contributed by atoms with Crippen LogP contribution < -0.4 is 9.47 Å². The highest BCUT2D eigenvalue weighted by Crippen LogP contribution is 2.51. The van der Waals surface area contributed by atoms with Gasteiger partial charge in [-0.05, 0) is 42.9 Å². The lowest BCUT2D eigenvalue weighted by Gasteiger charge is -2.35. The van der Waals surface area contributed by atoms with Crippen LogP contribution in [0.3, 0.4) is 0 Å². The van der Waals surface area contributed by atoms with E-state index in [0.717, 1.165) is 6.54 Å². The number of β-amino-alcohol motifs (C(OH)–C–C–N with tert-alkyl or cyclic N) is 1. The molecule has 1 heterocycles. The van der Waals surface area contributed by atoms with Gasteiger partial charge in [0.1, 0.15) is 21.5 Å². The van der Waals surface area contributed by atoms with Crippen molar-refractivity contribution in [3.8, 4) is 17.2 Å². The summed E-state index contributed by atoms with van der Waals surface area (Å²) in [7, 11) is 4.84. The highest BCUT2D eigenvalue weighted by Gasteiger charge is 2.36. The quantitative estimate of drug-likeness (QED) is 0.770. The molecule has 23 heavy (non-hydrogen) atoms. The molecule has 0 aliphatic carbocycles. The van der Waals surface area contributed by atoms with Crippen LogP contribution in [0.15, 0.2) is 4.47 Å². The number of aromatic hydroxyl groups is 1. The van der Waals surface area contributed by atoms with Gasteiger partial charge in [-0.15, -0.1) is 0 Å². The van der Waals surface area contributed by atoms with Crippen LogP contribution in [0.2, 0.25) is 0 Å². The Morgan fingerprint density at radius 2 is 1.91 bits per heavy atom. The standard InChI is InChI=1S/C16H22BrNO5/c1-8(19)11-14(21)12(9-5-6-18(2)7-10(9)20)16(23-4)13(17)15(11)22-3/h9-10,20-21H,5-7H2,1-4H3. The third-order valence-corrected chi connectivity index (χ3v) is 5.00. The van der Waals surface area contributed by atoms with E-state index in [9.17, 15) is 15.0 Å². The number of aliphatic hydroxyl groups is 1. The Morgan fingerprint density at radius 3 is 2.39 bits per heavy atom. The summed E-state index contributed by atoms with van der Waals surface area (Å²) in [6.07, 6.45) is -0.00816. The van der Waals surface area contributed by atoms with Gasteiger partial charge in [0.15, 0.2) is 11.5 Å². The lowest BCUT2D eigenvalue weighted by atomic mass is 9.84. The Labute approximate surface area is 144 Å². The Bertz CT molecular complexity index is 619. The van der Waals surface area contributed by atoms with Crippen molar-refractivity contribution in [2.45, 2.75) is 25.4 Å². The maximum atomic E-state index is 12.0. The van der Waals surface area contributed by atoms with Crippen molar-refractivity contribution >= 4 is 21.7 Å². The van der Waals surface area contributed by atoms with Crippen molar-refractivity contribution in [1.82, 2.24) is 4.90 Å². The number of likely N-dealkylation sites (N-methyl/N-ethyl adjacent to an activating group) is 1. The summed E-state index contributed by atoms with van der Waals surface area (Å²) < 4.78 is 11.2. The lowest BCUT2D eigenvalue weighted by molar-refractivity contribution is 0.0618. The first-order valence-corrected chi connectivity index (χ1v) is 8.16. The summed E-state index contributed by atoms with van der Waals surface area (Å²) in [5, 5.41) is 21.2. The third-order valence-electron chi connectivity index (χ3n) is 4.28. The van der Waals surface area contributed by atoms with Crippen molar-refractivity contribution in [2.24, 2.45) is 0 Å². The molecule has 0 spiro atoms. The number of ketones is 1. The first kappa shape index (κ1) is 18.0. The summed E-state index contributed by atoms with van der Waals surface area (Å²) >= 11 is 3.40. The lowest BCUT2D eigenvalue weighted by Crippen LogP contribution is -2.40. The number of methoxy groups -OCH3 is 2. The van der Waals surface area contributed by atoms with E-state index < -0.39 is 6.10 Å². The molecule has 2 N–H and O–H groups in total. The zero-order valence-corrected chi connectivity index (χ0v) is 15.3. The molecule has 2 atom stereocenters. The number of halogens is 1. The number of likely N-dealkylation sites (tertiary alicyclic amines) is 1. The number of carbonyl (C=O) groups is 1.